The molecule has 2 amide bonds. The van der Waals surface area contributed by atoms with Crippen LogP contribution in [0, 0.1) is 6.92 Å². The lowest BCUT2D eigenvalue weighted by Gasteiger charge is -2.35. The summed E-state index contributed by atoms with van der Waals surface area (Å²) >= 11 is 0. The predicted molar refractivity (Wildman–Crippen MR) is 172 cm³/mol. The molecule has 1 N–H and O–H groups in total. The van der Waals surface area contributed by atoms with E-state index in [1.807, 2.05) is 61.5 Å². The summed E-state index contributed by atoms with van der Waals surface area (Å²) in [5, 5.41) is 3.22. The van der Waals surface area contributed by atoms with Crippen LogP contribution in [0.25, 0.3) is 0 Å². The van der Waals surface area contributed by atoms with Gasteiger partial charge in [-0.05, 0) is 43.0 Å². The lowest BCUT2D eigenvalue weighted by molar-refractivity contribution is -0.140. The smallest absolute Gasteiger partial charge is 0.244 e. The van der Waals surface area contributed by atoms with Gasteiger partial charge < -0.3 is 19.7 Å². The van der Waals surface area contributed by atoms with Gasteiger partial charge in [0.15, 0.2) is 11.5 Å². The molecular formula is C34H43N3O6S. The van der Waals surface area contributed by atoms with Gasteiger partial charge in [-0.3, -0.25) is 13.9 Å². The van der Waals surface area contributed by atoms with Crippen molar-refractivity contribution in [3.05, 3.63) is 89.5 Å². The molecule has 1 saturated carbocycles. The molecule has 0 spiro atoms. The summed E-state index contributed by atoms with van der Waals surface area (Å²) in [6.45, 7) is 1.61. The van der Waals surface area contributed by atoms with Gasteiger partial charge in [0.1, 0.15) is 12.6 Å². The first-order valence-electron chi connectivity index (χ1n) is 15.0. The number of nitrogens with zero attached hydrogens (tertiary/aromatic N) is 2. The van der Waals surface area contributed by atoms with E-state index < -0.39 is 28.5 Å². The Labute approximate surface area is 261 Å². The zero-order valence-corrected chi connectivity index (χ0v) is 26.8. The van der Waals surface area contributed by atoms with Gasteiger partial charge >= 0.3 is 0 Å². The Morgan fingerprint density at radius 1 is 0.886 bits per heavy atom. The third-order valence-electron chi connectivity index (χ3n) is 7.99. The minimum atomic E-state index is -3.91. The van der Waals surface area contributed by atoms with Crippen molar-refractivity contribution in [2.45, 2.75) is 64.1 Å². The van der Waals surface area contributed by atoms with Crippen molar-refractivity contribution in [1.82, 2.24) is 10.2 Å². The van der Waals surface area contributed by atoms with E-state index in [1.54, 1.807) is 12.1 Å². The molecule has 0 bridgehead atoms. The summed E-state index contributed by atoms with van der Waals surface area (Å²) in [7, 11) is -0.961. The highest BCUT2D eigenvalue weighted by Crippen LogP contribution is 2.32. The van der Waals surface area contributed by atoms with Crippen molar-refractivity contribution in [3.8, 4) is 11.5 Å². The normalized spacial score (nSPS) is 14.4. The van der Waals surface area contributed by atoms with E-state index in [9.17, 15) is 18.0 Å². The maximum Gasteiger partial charge on any atom is 0.244 e. The minimum Gasteiger partial charge on any atom is -0.493 e. The Kier molecular flexibility index (Phi) is 11.3. The highest BCUT2D eigenvalue weighted by Gasteiger charge is 2.34. The molecule has 1 aliphatic rings. The van der Waals surface area contributed by atoms with Crippen molar-refractivity contribution in [1.29, 1.82) is 0 Å². The Morgan fingerprint density at radius 3 is 2.20 bits per heavy atom. The van der Waals surface area contributed by atoms with Crippen LogP contribution < -0.4 is 19.1 Å². The predicted octanol–water partition coefficient (Wildman–Crippen LogP) is 4.87. The summed E-state index contributed by atoms with van der Waals surface area (Å²) in [4.78, 5) is 29.9. The number of carbonyl (C=O) groups excluding carboxylic acids is 2. The van der Waals surface area contributed by atoms with Gasteiger partial charge in [-0.1, -0.05) is 79.4 Å². The Hall–Kier alpha value is -4.05. The maximum atomic E-state index is 14.4. The number of anilines is 1. The Morgan fingerprint density at radius 2 is 1.57 bits per heavy atom. The Balaban J connectivity index is 1.74. The molecule has 9 nitrogen and oxygen atoms in total. The fraction of sp³-hybridized carbons (Fsp3) is 0.412. The van der Waals surface area contributed by atoms with Gasteiger partial charge in [0.2, 0.25) is 21.8 Å². The summed E-state index contributed by atoms with van der Waals surface area (Å²) in [6, 6.07) is 21.2. The van der Waals surface area contributed by atoms with Crippen LogP contribution in [0.3, 0.4) is 0 Å². The molecule has 0 aromatic heterocycles. The van der Waals surface area contributed by atoms with Crippen LogP contribution >= 0.6 is 0 Å². The molecule has 4 rings (SSSR count). The van der Waals surface area contributed by atoms with Crippen LogP contribution in [-0.2, 0) is 32.6 Å². The third kappa shape index (κ3) is 8.75. The fourth-order valence-corrected chi connectivity index (χ4v) is 6.54. The van der Waals surface area contributed by atoms with Crippen molar-refractivity contribution in [2.24, 2.45) is 0 Å². The van der Waals surface area contributed by atoms with Crippen LogP contribution in [0.1, 0.15) is 48.8 Å². The van der Waals surface area contributed by atoms with Crippen LogP contribution in [0.15, 0.2) is 72.8 Å². The van der Waals surface area contributed by atoms with E-state index in [2.05, 4.69) is 5.32 Å². The molecular weight excluding hydrogens is 578 g/mol. The zero-order chi connectivity index (χ0) is 31.7. The number of ether oxygens (including phenoxy) is 2. The second kappa shape index (κ2) is 15.1. The molecule has 236 valence electrons. The standard InChI is InChI=1S/C34H43N3O6S/c1-25-12-11-15-27(20-25)23-36(30(21-26-13-7-5-8-14-26)34(39)35-28-16-9-6-10-17-28)33(38)24-37(44(4,40)41)29-18-19-31(42-2)32(22-29)43-3/h5,7-8,11-15,18-20,22,28,30H,6,9-10,16-17,21,23-24H2,1-4H3,(H,35,39)/t30-/m1/s1. The number of methoxy groups -OCH3 is 2. The summed E-state index contributed by atoms with van der Waals surface area (Å²) in [5.41, 5.74) is 3.02. The van der Waals surface area contributed by atoms with Gasteiger partial charge in [-0.25, -0.2) is 8.42 Å². The monoisotopic (exact) mass is 621 g/mol. The number of rotatable bonds is 13. The van der Waals surface area contributed by atoms with Crippen molar-refractivity contribution in [2.75, 3.05) is 31.3 Å². The minimum absolute atomic E-state index is 0.0460. The van der Waals surface area contributed by atoms with Crippen LogP contribution in [-0.4, -0.2) is 64.2 Å². The second-order valence-corrected chi connectivity index (χ2v) is 13.3. The molecule has 1 fully saturated rings. The van der Waals surface area contributed by atoms with Crippen molar-refractivity contribution in [3.63, 3.8) is 0 Å². The average Bonchev–Trinajstić information content (AvgIpc) is 3.01. The molecule has 3 aromatic rings. The van der Waals surface area contributed by atoms with Gasteiger partial charge in [0.05, 0.1) is 26.2 Å². The average molecular weight is 622 g/mol. The van der Waals surface area contributed by atoms with E-state index in [4.69, 9.17) is 9.47 Å². The first-order chi connectivity index (χ1) is 21.1. The quantitative estimate of drug-likeness (QED) is 0.292. The van der Waals surface area contributed by atoms with Crippen molar-refractivity contribution < 1.29 is 27.5 Å². The zero-order valence-electron chi connectivity index (χ0n) is 26.0. The molecule has 0 aliphatic heterocycles. The maximum absolute atomic E-state index is 14.4. The van der Waals surface area contributed by atoms with Gasteiger partial charge in [-0.2, -0.15) is 0 Å². The highest BCUT2D eigenvalue weighted by atomic mass is 32.2. The number of aryl methyl sites for hydroxylation is 1. The number of hydrogen-bond donors (Lipinski definition) is 1. The fourth-order valence-electron chi connectivity index (χ4n) is 5.70. The lowest BCUT2D eigenvalue weighted by Crippen LogP contribution is -2.55. The van der Waals surface area contributed by atoms with Gasteiger partial charge in [0, 0.05) is 25.1 Å². The summed E-state index contributed by atoms with van der Waals surface area (Å²) in [6.07, 6.45) is 6.39. The summed E-state index contributed by atoms with van der Waals surface area (Å²) < 4.78 is 38.0. The third-order valence-corrected chi connectivity index (χ3v) is 9.13. The largest absolute Gasteiger partial charge is 0.493 e. The number of nitrogens with one attached hydrogen (secondary N) is 1. The molecule has 3 aromatic carbocycles. The molecule has 44 heavy (non-hydrogen) atoms. The molecule has 10 heteroatoms. The number of amides is 2. The molecule has 0 unspecified atom stereocenters. The van der Waals surface area contributed by atoms with E-state index in [0.717, 1.165) is 59.4 Å². The molecule has 1 aliphatic carbocycles. The number of sulfonamides is 1. The number of hydrogen-bond acceptors (Lipinski definition) is 6. The topological polar surface area (TPSA) is 105 Å². The first kappa shape index (κ1) is 32.9. The Bertz CT molecular complexity index is 1520. The lowest BCUT2D eigenvalue weighted by atomic mass is 9.94. The molecule has 0 heterocycles. The van der Waals surface area contributed by atoms with Crippen LogP contribution in [0.2, 0.25) is 0 Å². The molecule has 1 atom stereocenters. The SMILES string of the molecule is COc1ccc(N(CC(=O)N(Cc2cccc(C)c2)[C@H](Cc2ccccc2)C(=O)NC2CCCCC2)S(C)(=O)=O)cc1OC. The van der Waals surface area contributed by atoms with Crippen molar-refractivity contribution >= 4 is 27.5 Å². The van der Waals surface area contributed by atoms with E-state index in [0.29, 0.717) is 11.5 Å². The second-order valence-electron chi connectivity index (χ2n) is 11.4. The van der Waals surface area contributed by atoms with E-state index in [-0.39, 0.29) is 30.6 Å². The highest BCUT2D eigenvalue weighted by molar-refractivity contribution is 7.92. The van der Waals surface area contributed by atoms with Crippen LogP contribution in [0.5, 0.6) is 11.5 Å². The van der Waals surface area contributed by atoms with E-state index in [1.165, 1.54) is 25.2 Å². The van der Waals surface area contributed by atoms with E-state index >= 15 is 0 Å². The summed E-state index contributed by atoms with van der Waals surface area (Å²) in [5.74, 6) is 0.0289. The first-order valence-corrected chi connectivity index (χ1v) is 16.8. The van der Waals surface area contributed by atoms with Gasteiger partial charge in [-0.15, -0.1) is 0 Å². The molecule has 0 radical (unpaired) electrons. The van der Waals surface area contributed by atoms with Crippen LogP contribution in [0.4, 0.5) is 5.69 Å². The van der Waals surface area contributed by atoms with Gasteiger partial charge in [0.25, 0.3) is 0 Å². The number of benzene rings is 3. The molecule has 0 saturated heterocycles. The number of carbonyl (C=O) groups is 2.